The highest BCUT2D eigenvalue weighted by Gasteiger charge is 2.31. The molecule has 6 heteroatoms. The average Bonchev–Trinajstić information content (AvgIpc) is 3.06. The van der Waals surface area contributed by atoms with Crippen LogP contribution in [0.3, 0.4) is 0 Å². The van der Waals surface area contributed by atoms with Crippen LogP contribution in [0.5, 0.6) is 5.75 Å². The van der Waals surface area contributed by atoms with Gasteiger partial charge in [-0.1, -0.05) is 31.5 Å². The van der Waals surface area contributed by atoms with Crippen molar-refractivity contribution in [2.45, 2.75) is 33.1 Å². The zero-order valence-electron chi connectivity index (χ0n) is 15.0. The second-order valence-corrected chi connectivity index (χ2v) is 6.43. The maximum Gasteiger partial charge on any atom is 0.285 e. The van der Waals surface area contributed by atoms with Gasteiger partial charge in [0.05, 0.1) is 17.6 Å². The van der Waals surface area contributed by atoms with Crippen LogP contribution in [0.4, 0.5) is 11.4 Å². The predicted octanol–water partition coefficient (Wildman–Crippen LogP) is 4.29. The molecule has 0 spiro atoms. The summed E-state index contributed by atoms with van der Waals surface area (Å²) in [7, 11) is 0. The minimum Gasteiger partial charge on any atom is -0.493 e. The molecule has 0 fully saturated rings. The Kier molecular flexibility index (Phi) is 5.21. The number of hydrogen-bond acceptors (Lipinski definition) is 4. The minimum absolute atomic E-state index is 0.104. The summed E-state index contributed by atoms with van der Waals surface area (Å²) in [5, 5.41) is 11.6. The van der Waals surface area contributed by atoms with Crippen LogP contribution in [0.15, 0.2) is 36.4 Å². The molecule has 136 valence electrons. The van der Waals surface area contributed by atoms with Crippen molar-refractivity contribution in [3.8, 4) is 5.75 Å². The fourth-order valence-corrected chi connectivity index (χ4v) is 3.18. The van der Waals surface area contributed by atoms with Crippen molar-refractivity contribution in [2.24, 2.45) is 0 Å². The van der Waals surface area contributed by atoms with Crippen molar-refractivity contribution >= 4 is 17.3 Å². The van der Waals surface area contributed by atoms with Crippen molar-refractivity contribution in [2.75, 3.05) is 18.1 Å². The maximum atomic E-state index is 13.0. The number of fused-ring (bicyclic) bond motifs is 1. The first-order valence-corrected chi connectivity index (χ1v) is 8.84. The fourth-order valence-electron chi connectivity index (χ4n) is 3.18. The van der Waals surface area contributed by atoms with E-state index in [0.29, 0.717) is 18.9 Å². The fraction of sp³-hybridized carbons (Fsp3) is 0.350. The molecule has 3 rings (SSSR count). The number of para-hydroxylation sites is 1. The van der Waals surface area contributed by atoms with Crippen LogP contribution < -0.4 is 9.64 Å². The van der Waals surface area contributed by atoms with E-state index in [1.165, 1.54) is 6.07 Å². The van der Waals surface area contributed by atoms with Gasteiger partial charge < -0.3 is 9.64 Å². The zero-order valence-corrected chi connectivity index (χ0v) is 15.0. The number of carbonyl (C=O) groups is 1. The second-order valence-electron chi connectivity index (χ2n) is 6.43. The van der Waals surface area contributed by atoms with Crippen LogP contribution >= 0.6 is 0 Å². The van der Waals surface area contributed by atoms with E-state index in [9.17, 15) is 14.9 Å². The number of carbonyl (C=O) groups excluding carboxylic acids is 1. The van der Waals surface area contributed by atoms with Gasteiger partial charge in [0, 0.05) is 12.2 Å². The summed E-state index contributed by atoms with van der Waals surface area (Å²) in [6.07, 6.45) is 2.61. The van der Waals surface area contributed by atoms with E-state index in [1.54, 1.807) is 17.9 Å². The molecule has 1 aliphatic rings. The molecular weight excluding hydrogens is 332 g/mol. The van der Waals surface area contributed by atoms with Gasteiger partial charge in [0.25, 0.3) is 11.6 Å². The Hall–Kier alpha value is -2.89. The van der Waals surface area contributed by atoms with E-state index < -0.39 is 4.92 Å². The van der Waals surface area contributed by atoms with Gasteiger partial charge in [0.1, 0.15) is 11.3 Å². The molecule has 0 aromatic heterocycles. The van der Waals surface area contributed by atoms with E-state index in [-0.39, 0.29) is 17.2 Å². The van der Waals surface area contributed by atoms with E-state index >= 15 is 0 Å². The number of benzene rings is 2. The zero-order chi connectivity index (χ0) is 18.7. The number of hydrogen-bond donors (Lipinski definition) is 0. The third-order valence-electron chi connectivity index (χ3n) is 4.61. The molecule has 1 heterocycles. The molecule has 2 aromatic carbocycles. The van der Waals surface area contributed by atoms with Gasteiger partial charge in [-0.25, -0.2) is 0 Å². The van der Waals surface area contributed by atoms with Crippen molar-refractivity contribution < 1.29 is 14.5 Å². The van der Waals surface area contributed by atoms with Crippen LogP contribution in [-0.4, -0.2) is 24.0 Å². The molecule has 0 atom stereocenters. The Balaban J connectivity index is 1.95. The molecule has 2 aromatic rings. The number of anilines is 1. The summed E-state index contributed by atoms with van der Waals surface area (Å²) >= 11 is 0. The monoisotopic (exact) mass is 354 g/mol. The Morgan fingerprint density at radius 1 is 1.31 bits per heavy atom. The first-order chi connectivity index (χ1) is 12.5. The molecule has 0 radical (unpaired) electrons. The molecule has 0 N–H and O–H groups in total. The van der Waals surface area contributed by atoms with E-state index in [0.717, 1.165) is 36.1 Å². The van der Waals surface area contributed by atoms with Crippen molar-refractivity contribution in [1.82, 2.24) is 0 Å². The minimum atomic E-state index is -0.513. The molecule has 1 aliphatic heterocycles. The predicted molar refractivity (Wildman–Crippen MR) is 100 cm³/mol. The maximum absolute atomic E-state index is 13.0. The summed E-state index contributed by atoms with van der Waals surface area (Å²) in [6, 6.07) is 10.6. The lowest BCUT2D eigenvalue weighted by Crippen LogP contribution is -2.29. The van der Waals surface area contributed by atoms with Crippen molar-refractivity contribution in [1.29, 1.82) is 0 Å². The van der Waals surface area contributed by atoms with Gasteiger partial charge in [0.15, 0.2) is 0 Å². The number of aryl methyl sites for hydroxylation is 1. The van der Waals surface area contributed by atoms with Crippen LogP contribution in [0.2, 0.25) is 0 Å². The molecule has 0 saturated heterocycles. The third kappa shape index (κ3) is 3.40. The van der Waals surface area contributed by atoms with Crippen molar-refractivity contribution in [3.63, 3.8) is 0 Å². The van der Waals surface area contributed by atoms with Gasteiger partial charge in [-0.15, -0.1) is 0 Å². The number of nitrogens with zero attached hydrogens (tertiary/aromatic N) is 2. The summed E-state index contributed by atoms with van der Waals surface area (Å²) in [6.45, 7) is 4.89. The average molecular weight is 354 g/mol. The van der Waals surface area contributed by atoms with Crippen LogP contribution in [0.1, 0.15) is 41.3 Å². The summed E-state index contributed by atoms with van der Waals surface area (Å²) in [5.74, 6) is 0.119. The van der Waals surface area contributed by atoms with E-state index in [1.807, 2.05) is 31.2 Å². The molecule has 0 saturated carbocycles. The third-order valence-corrected chi connectivity index (χ3v) is 4.61. The standard InChI is InChI=1S/C20H22N2O4/c1-3-4-11-26-19-13-18(22(24)25)16(12-14(19)2)20(23)21-10-9-15-7-5-6-8-17(15)21/h5-8,12-13H,3-4,9-11H2,1-2H3. The van der Waals surface area contributed by atoms with Gasteiger partial charge in [-0.05, 0) is 43.0 Å². The molecule has 26 heavy (non-hydrogen) atoms. The number of nitro benzene ring substituents is 1. The lowest BCUT2D eigenvalue weighted by Gasteiger charge is -2.18. The van der Waals surface area contributed by atoms with Crippen molar-refractivity contribution in [3.05, 3.63) is 63.2 Å². The number of amides is 1. The Labute approximate surface area is 152 Å². The Bertz CT molecular complexity index is 848. The summed E-state index contributed by atoms with van der Waals surface area (Å²) in [4.78, 5) is 25.7. The molecular formula is C20H22N2O4. The number of unbranched alkanes of at least 4 members (excludes halogenated alkanes) is 1. The Morgan fingerprint density at radius 3 is 2.81 bits per heavy atom. The van der Waals surface area contributed by atoms with Gasteiger partial charge in [-0.3, -0.25) is 14.9 Å². The van der Waals surface area contributed by atoms with Gasteiger partial charge >= 0.3 is 0 Å². The summed E-state index contributed by atoms with van der Waals surface area (Å²) in [5.41, 5.74) is 2.53. The molecule has 6 nitrogen and oxygen atoms in total. The Morgan fingerprint density at radius 2 is 2.08 bits per heavy atom. The first kappa shape index (κ1) is 17.9. The lowest BCUT2D eigenvalue weighted by atomic mass is 10.1. The number of nitro groups is 1. The van der Waals surface area contributed by atoms with E-state index in [4.69, 9.17) is 4.74 Å². The second kappa shape index (κ2) is 7.56. The largest absolute Gasteiger partial charge is 0.493 e. The summed E-state index contributed by atoms with van der Waals surface area (Å²) < 4.78 is 5.66. The molecule has 0 aliphatic carbocycles. The topological polar surface area (TPSA) is 72.7 Å². The lowest BCUT2D eigenvalue weighted by molar-refractivity contribution is -0.385. The smallest absolute Gasteiger partial charge is 0.285 e. The highest BCUT2D eigenvalue weighted by molar-refractivity contribution is 6.10. The normalized spacial score (nSPS) is 12.8. The van der Waals surface area contributed by atoms with E-state index in [2.05, 4.69) is 0 Å². The number of rotatable bonds is 6. The highest BCUT2D eigenvalue weighted by atomic mass is 16.6. The highest BCUT2D eigenvalue weighted by Crippen LogP contribution is 2.34. The number of ether oxygens (including phenoxy) is 1. The van der Waals surface area contributed by atoms with Crippen LogP contribution in [0, 0.1) is 17.0 Å². The first-order valence-electron chi connectivity index (χ1n) is 8.84. The quantitative estimate of drug-likeness (QED) is 0.441. The van der Waals surface area contributed by atoms with Gasteiger partial charge in [0.2, 0.25) is 0 Å². The SMILES string of the molecule is CCCCOc1cc([N+](=O)[O-])c(C(=O)N2CCc3ccccc32)cc1C. The van der Waals surface area contributed by atoms with Crippen LogP contribution in [0.25, 0.3) is 0 Å². The molecule has 1 amide bonds. The van der Waals surface area contributed by atoms with Crippen LogP contribution in [-0.2, 0) is 6.42 Å². The molecule has 0 unspecified atom stereocenters. The van der Waals surface area contributed by atoms with Gasteiger partial charge in [-0.2, -0.15) is 0 Å². The molecule has 0 bridgehead atoms.